The summed E-state index contributed by atoms with van der Waals surface area (Å²) in [6.45, 7) is 21.9. The van der Waals surface area contributed by atoms with E-state index in [0.717, 1.165) is 45.1 Å². The zero-order valence-corrected chi connectivity index (χ0v) is 37.1. The van der Waals surface area contributed by atoms with Gasteiger partial charge >= 0.3 is 264 Å². The Labute approximate surface area is 327 Å². The monoisotopic (exact) mass is 857 g/mol. The van der Waals surface area contributed by atoms with Crippen molar-refractivity contribution in [1.82, 2.24) is 19.3 Å². The predicted molar refractivity (Wildman–Crippen MR) is 221 cm³/mol. The Kier molecular flexibility index (Phi) is 16.5. The Hall–Kier alpha value is -2.94. The van der Waals surface area contributed by atoms with Crippen molar-refractivity contribution in [2.45, 2.75) is 125 Å². The number of carbonyl (C=O) groups is 2. The first-order chi connectivity index (χ1) is 25.7. The summed E-state index contributed by atoms with van der Waals surface area (Å²) in [7, 11) is 0. The summed E-state index contributed by atoms with van der Waals surface area (Å²) >= 11 is -2.97. The molecule has 1 atom stereocenters. The molecule has 300 valence electrons. The van der Waals surface area contributed by atoms with Crippen molar-refractivity contribution in [3.05, 3.63) is 42.9 Å². The Balaban J connectivity index is 0.000000730. The number of aliphatic carboxylic acids is 1. The number of unbranched alkanes of at least 4 members (excludes halogenated alkanes) is 3. The van der Waals surface area contributed by atoms with Crippen LogP contribution in [0.3, 0.4) is 0 Å². The molecule has 0 unspecified atom stereocenters. The maximum atomic E-state index is 14.1. The van der Waals surface area contributed by atoms with Crippen molar-refractivity contribution in [3.8, 4) is 0 Å². The maximum absolute atomic E-state index is 14.1. The second-order valence-electron chi connectivity index (χ2n) is 16.4. The number of imidazole rings is 1. The molecule has 0 spiro atoms. The zero-order valence-electron chi connectivity index (χ0n) is 34.2. The summed E-state index contributed by atoms with van der Waals surface area (Å²) in [5, 5.41) is 8.23. The zero-order chi connectivity index (χ0) is 39.5. The summed E-state index contributed by atoms with van der Waals surface area (Å²) in [5.74, 6) is -0.334. The first-order valence-corrected chi connectivity index (χ1v) is 27.7. The molecule has 2 saturated heterocycles. The van der Waals surface area contributed by atoms with Crippen LogP contribution in [0.5, 0.6) is 0 Å². The number of carbonyl (C=O) groups excluding carboxylic acids is 1. The molecule has 3 aromatic rings. The molecule has 13 heteroatoms. The van der Waals surface area contributed by atoms with Gasteiger partial charge in [-0.25, -0.2) is 0 Å². The summed E-state index contributed by atoms with van der Waals surface area (Å²) in [5.41, 5.74) is 7.09. The van der Waals surface area contributed by atoms with Crippen LogP contribution >= 0.6 is 0 Å². The molecule has 2 fully saturated rings. The van der Waals surface area contributed by atoms with Gasteiger partial charge in [0.25, 0.3) is 0 Å². The third-order valence-electron chi connectivity index (χ3n) is 10.6. The Morgan fingerprint density at radius 2 is 1.56 bits per heavy atom. The fraction of sp³-hybridized carbons (Fsp3) is 0.659. The fourth-order valence-corrected chi connectivity index (χ4v) is 22.4. The van der Waals surface area contributed by atoms with E-state index in [9.17, 15) is 9.59 Å². The number of amides is 1. The van der Waals surface area contributed by atoms with Gasteiger partial charge in [0.1, 0.15) is 6.04 Å². The van der Waals surface area contributed by atoms with Crippen molar-refractivity contribution in [3.63, 3.8) is 0 Å². The number of hydrogen-bond acceptors (Lipinski definition) is 9. The number of benzene rings is 1. The van der Waals surface area contributed by atoms with E-state index < -0.39 is 42.1 Å². The SMILES string of the molecule is CC(C)[C@H](N)C(=O)O.CCC[CH2][Sn]([CH2]CCC)([CH2]CCC)[c]1cn2ccnc2c(N(C(=O)OC(C)(C)C)c2ccc(N3CCN(C4COC4)CC3)cc2)n1. The number of ether oxygens (including phenoxy) is 2. The average Bonchev–Trinajstić information content (AvgIpc) is 3.60. The number of nitrogens with zero attached hydrogens (tertiary/aromatic N) is 6. The molecule has 54 heavy (non-hydrogen) atoms. The van der Waals surface area contributed by atoms with Crippen LogP contribution in [0.2, 0.25) is 13.3 Å². The number of aromatic nitrogens is 3. The Morgan fingerprint density at radius 3 is 2.00 bits per heavy atom. The van der Waals surface area contributed by atoms with Gasteiger partial charge in [-0.15, -0.1) is 0 Å². The van der Waals surface area contributed by atoms with Crippen LogP contribution in [0.4, 0.5) is 22.0 Å². The third kappa shape index (κ3) is 11.5. The van der Waals surface area contributed by atoms with Gasteiger partial charge in [-0.1, -0.05) is 13.8 Å². The molecule has 0 bridgehead atoms. The number of carboxylic acids is 1. The molecule has 0 radical (unpaired) electrons. The summed E-state index contributed by atoms with van der Waals surface area (Å²) < 4.78 is 18.7. The van der Waals surface area contributed by atoms with E-state index in [1.807, 2.05) is 45.3 Å². The van der Waals surface area contributed by atoms with Crippen LogP contribution < -0.4 is 19.2 Å². The minimum atomic E-state index is -2.97. The number of nitrogens with two attached hydrogens (primary N) is 1. The second-order valence-corrected chi connectivity index (χ2v) is 29.4. The molecule has 12 nitrogen and oxygen atoms in total. The van der Waals surface area contributed by atoms with Crippen molar-refractivity contribution in [2.24, 2.45) is 11.7 Å². The first-order valence-electron chi connectivity index (χ1n) is 20.3. The molecular weight excluding hydrogens is 789 g/mol. The van der Waals surface area contributed by atoms with Gasteiger partial charge in [-0.05, 0) is 5.92 Å². The molecule has 2 aliphatic rings. The number of piperazine rings is 1. The van der Waals surface area contributed by atoms with Crippen molar-refractivity contribution >= 4 is 57.0 Å². The van der Waals surface area contributed by atoms with Gasteiger partial charge in [0, 0.05) is 0 Å². The molecular formula is C41H67N7O5Sn. The average molecular weight is 857 g/mol. The Morgan fingerprint density at radius 1 is 0.981 bits per heavy atom. The number of anilines is 3. The molecule has 3 N–H and O–H groups in total. The standard InChI is InChI=1S/C24H29N6O3.C5H11NO2.3C4H9.Sn/c1-24(2,3)33-23(31)30(22-21-25-8-10-29(21)11-9-26-22)19-6-4-18(5-7-19)27-12-14-28(15-13-27)20-16-32-17-20;1-3(2)4(6)5(7)8;3*1-3-4-2;/h4-8,10-11,20H,12-17H2,1-3H3;3-4H,6H2,1-2H3,(H,7,8);3*1,3-4H2,2H3;/t;4-;;;;/m.0..../s1. The van der Waals surface area contributed by atoms with Crippen LogP contribution in [0.25, 0.3) is 5.65 Å². The third-order valence-corrected chi connectivity index (χ3v) is 25.7. The van der Waals surface area contributed by atoms with Crippen LogP contribution in [0, 0.1) is 5.92 Å². The van der Waals surface area contributed by atoms with Gasteiger partial charge in [0.2, 0.25) is 0 Å². The van der Waals surface area contributed by atoms with Gasteiger partial charge in [-0.3, -0.25) is 4.79 Å². The first kappa shape index (κ1) is 43.8. The van der Waals surface area contributed by atoms with Crippen molar-refractivity contribution in [2.75, 3.05) is 49.2 Å². The van der Waals surface area contributed by atoms with Crippen molar-refractivity contribution in [1.29, 1.82) is 0 Å². The van der Waals surface area contributed by atoms with Gasteiger partial charge in [-0.2, -0.15) is 0 Å². The molecule has 0 saturated carbocycles. The van der Waals surface area contributed by atoms with E-state index >= 15 is 0 Å². The van der Waals surface area contributed by atoms with E-state index in [-0.39, 0.29) is 5.92 Å². The van der Waals surface area contributed by atoms with Crippen LogP contribution in [-0.2, 0) is 14.3 Å². The van der Waals surface area contributed by atoms with E-state index in [0.29, 0.717) is 17.5 Å². The summed E-state index contributed by atoms with van der Waals surface area (Å²) in [4.78, 5) is 41.0. The Bertz CT molecular complexity index is 1590. The van der Waals surface area contributed by atoms with E-state index in [2.05, 4.69) is 53.3 Å². The molecule has 5 rings (SSSR count). The molecule has 2 aliphatic heterocycles. The van der Waals surface area contributed by atoms with Crippen LogP contribution in [-0.4, -0.2) is 112 Å². The number of hydrogen-bond donors (Lipinski definition) is 2. The predicted octanol–water partition coefficient (Wildman–Crippen LogP) is 7.43. The van der Waals surface area contributed by atoms with Crippen LogP contribution in [0.15, 0.2) is 42.9 Å². The molecule has 2 aromatic heterocycles. The molecule has 4 heterocycles. The second kappa shape index (κ2) is 20.3. The van der Waals surface area contributed by atoms with Gasteiger partial charge in [0.05, 0.1) is 19.3 Å². The van der Waals surface area contributed by atoms with Gasteiger partial charge in [0.15, 0.2) is 0 Å². The summed E-state index contributed by atoms with van der Waals surface area (Å²) in [6.07, 6.45) is 12.9. The van der Waals surface area contributed by atoms with Crippen LogP contribution in [0.1, 0.15) is 93.9 Å². The molecule has 0 aliphatic carbocycles. The number of rotatable bonds is 16. The topological polar surface area (TPSA) is 139 Å². The van der Waals surface area contributed by atoms with Crippen molar-refractivity contribution < 1.29 is 24.2 Å². The molecule has 1 amide bonds. The summed E-state index contributed by atoms with van der Waals surface area (Å²) in [6, 6.07) is 8.21. The van der Waals surface area contributed by atoms with E-state index in [4.69, 9.17) is 30.3 Å². The number of carboxylic acid groups (broad SMARTS) is 1. The quantitative estimate of drug-likeness (QED) is 0.140. The fourth-order valence-electron chi connectivity index (χ4n) is 7.12. The minimum absolute atomic E-state index is 0.0208. The van der Waals surface area contributed by atoms with E-state index in [1.165, 1.54) is 61.2 Å². The molecule has 1 aromatic carbocycles. The van der Waals surface area contributed by atoms with Gasteiger partial charge < -0.3 is 15.6 Å². The van der Waals surface area contributed by atoms with E-state index in [1.54, 1.807) is 18.7 Å². The normalized spacial score (nSPS) is 16.1. The number of fused-ring (bicyclic) bond motifs is 1.